The number of pyridine rings is 1. The van der Waals surface area contributed by atoms with Crippen molar-refractivity contribution in [2.75, 3.05) is 13.4 Å². The third-order valence-electron chi connectivity index (χ3n) is 2.30. The smallest absolute Gasteiger partial charge is 0.189 e. The molecule has 1 heterocycles. The Hall–Kier alpha value is -1.09. The predicted octanol–water partition coefficient (Wildman–Crippen LogP) is 2.33. The van der Waals surface area contributed by atoms with Crippen molar-refractivity contribution < 1.29 is 9.47 Å². The van der Waals surface area contributed by atoms with Gasteiger partial charge in [0.1, 0.15) is 5.75 Å². The molecule has 1 aromatic heterocycles. The van der Waals surface area contributed by atoms with E-state index in [2.05, 4.69) is 11.1 Å². The largest absolute Gasteiger partial charge is 0.466 e. The summed E-state index contributed by atoms with van der Waals surface area (Å²) < 4.78 is 10.5. The minimum Gasteiger partial charge on any atom is -0.466 e. The molecule has 14 heavy (non-hydrogen) atoms. The third-order valence-corrected chi connectivity index (χ3v) is 2.30. The van der Waals surface area contributed by atoms with Crippen LogP contribution >= 0.6 is 0 Å². The molecule has 76 valence electrons. The van der Waals surface area contributed by atoms with Gasteiger partial charge in [0.15, 0.2) is 6.79 Å². The van der Waals surface area contributed by atoms with E-state index in [0.717, 1.165) is 11.7 Å². The first-order valence-corrected chi connectivity index (χ1v) is 5.05. The van der Waals surface area contributed by atoms with Gasteiger partial charge in [0, 0.05) is 12.8 Å². The maximum atomic E-state index is 5.38. The maximum absolute atomic E-state index is 5.38. The van der Waals surface area contributed by atoms with E-state index in [1.165, 1.54) is 18.4 Å². The summed E-state index contributed by atoms with van der Waals surface area (Å²) in [5.74, 6) is 1.53. The van der Waals surface area contributed by atoms with Gasteiger partial charge >= 0.3 is 0 Å². The lowest BCUT2D eigenvalue weighted by molar-refractivity contribution is 0.0221. The van der Waals surface area contributed by atoms with E-state index < -0.39 is 0 Å². The lowest BCUT2D eigenvalue weighted by Gasteiger charge is -2.06. The Morgan fingerprint density at radius 2 is 2.29 bits per heavy atom. The maximum Gasteiger partial charge on any atom is 0.189 e. The molecule has 0 amide bonds. The minimum absolute atomic E-state index is 0.312. The lowest BCUT2D eigenvalue weighted by Crippen LogP contribution is -2.02. The molecule has 1 saturated carbocycles. The molecule has 0 spiro atoms. The minimum atomic E-state index is 0.312. The third kappa shape index (κ3) is 2.45. The molecular formula is C11H15NO2. The molecule has 2 rings (SSSR count). The molecule has 0 bridgehead atoms. The van der Waals surface area contributed by atoms with Crippen LogP contribution in [0.2, 0.25) is 0 Å². The van der Waals surface area contributed by atoms with E-state index >= 15 is 0 Å². The van der Waals surface area contributed by atoms with Crippen molar-refractivity contribution in [3.8, 4) is 5.75 Å². The van der Waals surface area contributed by atoms with Crippen LogP contribution in [0.15, 0.2) is 18.5 Å². The Bertz CT molecular complexity index is 297. The van der Waals surface area contributed by atoms with Crippen LogP contribution in [-0.2, 0) is 4.74 Å². The van der Waals surface area contributed by atoms with Gasteiger partial charge in [-0.05, 0) is 37.3 Å². The molecule has 0 atom stereocenters. The number of hydrogen-bond acceptors (Lipinski definition) is 3. The van der Waals surface area contributed by atoms with Gasteiger partial charge in [-0.1, -0.05) is 0 Å². The van der Waals surface area contributed by atoms with Gasteiger partial charge < -0.3 is 9.47 Å². The topological polar surface area (TPSA) is 31.4 Å². The van der Waals surface area contributed by atoms with Gasteiger partial charge in [0.05, 0.1) is 6.20 Å². The van der Waals surface area contributed by atoms with Crippen molar-refractivity contribution in [3.63, 3.8) is 0 Å². The van der Waals surface area contributed by atoms with Crippen LogP contribution in [-0.4, -0.2) is 18.4 Å². The highest BCUT2D eigenvalue weighted by atomic mass is 16.7. The molecule has 0 aliphatic heterocycles. The van der Waals surface area contributed by atoms with E-state index in [0.29, 0.717) is 13.4 Å². The van der Waals surface area contributed by atoms with E-state index in [1.807, 2.05) is 13.1 Å². The summed E-state index contributed by atoms with van der Waals surface area (Å²) >= 11 is 0. The standard InChI is InChI=1S/C11H15NO2/c1-2-13-8-14-11-5-10(6-12-7-11)9-3-4-9/h5-7,9H,2-4,8H2,1H3. The van der Waals surface area contributed by atoms with Gasteiger partial charge in [0.25, 0.3) is 0 Å². The predicted molar refractivity (Wildman–Crippen MR) is 53.3 cm³/mol. The van der Waals surface area contributed by atoms with Crippen LogP contribution in [0, 0.1) is 0 Å². The number of rotatable bonds is 5. The second-order valence-electron chi connectivity index (χ2n) is 3.48. The number of hydrogen-bond donors (Lipinski definition) is 0. The number of ether oxygens (including phenoxy) is 2. The first-order chi connectivity index (χ1) is 6.90. The van der Waals surface area contributed by atoms with Crippen LogP contribution in [0.3, 0.4) is 0 Å². The van der Waals surface area contributed by atoms with Crippen LogP contribution in [0.4, 0.5) is 0 Å². The molecule has 1 aliphatic carbocycles. The highest BCUT2D eigenvalue weighted by Crippen LogP contribution is 2.40. The zero-order valence-electron chi connectivity index (χ0n) is 8.40. The Morgan fingerprint density at radius 3 is 3.00 bits per heavy atom. The van der Waals surface area contributed by atoms with Crippen molar-refractivity contribution in [1.82, 2.24) is 4.98 Å². The summed E-state index contributed by atoms with van der Waals surface area (Å²) in [7, 11) is 0. The zero-order valence-corrected chi connectivity index (χ0v) is 8.40. The van der Waals surface area contributed by atoms with Crippen molar-refractivity contribution in [3.05, 3.63) is 24.0 Å². The summed E-state index contributed by atoms with van der Waals surface area (Å²) in [5, 5.41) is 0. The van der Waals surface area contributed by atoms with Crippen LogP contribution < -0.4 is 4.74 Å². The fourth-order valence-corrected chi connectivity index (χ4v) is 1.35. The van der Waals surface area contributed by atoms with E-state index in [1.54, 1.807) is 6.20 Å². The normalized spacial score (nSPS) is 15.5. The van der Waals surface area contributed by atoms with E-state index in [4.69, 9.17) is 9.47 Å². The van der Waals surface area contributed by atoms with Crippen molar-refractivity contribution >= 4 is 0 Å². The Kier molecular flexibility index (Phi) is 2.99. The fourth-order valence-electron chi connectivity index (χ4n) is 1.35. The van der Waals surface area contributed by atoms with Crippen molar-refractivity contribution in [1.29, 1.82) is 0 Å². The summed E-state index contributed by atoms with van der Waals surface area (Å²) in [5.41, 5.74) is 1.29. The van der Waals surface area contributed by atoms with Crippen LogP contribution in [0.25, 0.3) is 0 Å². The van der Waals surface area contributed by atoms with Crippen LogP contribution in [0.1, 0.15) is 31.2 Å². The van der Waals surface area contributed by atoms with Gasteiger partial charge in [-0.3, -0.25) is 4.98 Å². The number of nitrogens with zero attached hydrogens (tertiary/aromatic N) is 1. The average molecular weight is 193 g/mol. The van der Waals surface area contributed by atoms with E-state index in [9.17, 15) is 0 Å². The van der Waals surface area contributed by atoms with Gasteiger partial charge in [-0.2, -0.15) is 0 Å². The monoisotopic (exact) mass is 193 g/mol. The SMILES string of the molecule is CCOCOc1cncc(C2CC2)c1. The average Bonchev–Trinajstić information content (AvgIpc) is 3.02. The number of aromatic nitrogens is 1. The van der Waals surface area contributed by atoms with Crippen molar-refractivity contribution in [2.24, 2.45) is 0 Å². The fraction of sp³-hybridized carbons (Fsp3) is 0.545. The van der Waals surface area contributed by atoms with Gasteiger partial charge in [-0.25, -0.2) is 0 Å². The molecule has 1 fully saturated rings. The highest BCUT2D eigenvalue weighted by molar-refractivity contribution is 5.28. The second-order valence-corrected chi connectivity index (χ2v) is 3.48. The molecule has 0 unspecified atom stereocenters. The summed E-state index contributed by atoms with van der Waals surface area (Å²) in [4.78, 5) is 4.14. The zero-order chi connectivity index (χ0) is 9.80. The molecular weight excluding hydrogens is 178 g/mol. The van der Waals surface area contributed by atoms with Gasteiger partial charge in [-0.15, -0.1) is 0 Å². The molecule has 1 aromatic rings. The molecule has 3 nitrogen and oxygen atoms in total. The lowest BCUT2D eigenvalue weighted by atomic mass is 10.2. The molecule has 0 radical (unpaired) electrons. The summed E-state index contributed by atoms with van der Waals surface area (Å²) in [6, 6.07) is 2.06. The van der Waals surface area contributed by atoms with Gasteiger partial charge in [0.2, 0.25) is 0 Å². The Morgan fingerprint density at radius 1 is 1.43 bits per heavy atom. The Labute approximate surface area is 84.1 Å². The quantitative estimate of drug-likeness (QED) is 0.531. The van der Waals surface area contributed by atoms with E-state index in [-0.39, 0.29) is 0 Å². The summed E-state index contributed by atoms with van der Waals surface area (Å²) in [6.07, 6.45) is 6.23. The van der Waals surface area contributed by atoms with Crippen molar-refractivity contribution in [2.45, 2.75) is 25.7 Å². The molecule has 0 N–H and O–H groups in total. The van der Waals surface area contributed by atoms with Crippen LogP contribution in [0.5, 0.6) is 5.75 Å². The molecule has 1 aliphatic rings. The highest BCUT2D eigenvalue weighted by Gasteiger charge is 2.23. The summed E-state index contributed by atoms with van der Waals surface area (Å²) in [6.45, 7) is 2.93. The Balaban J connectivity index is 1.92. The molecule has 0 aromatic carbocycles. The second kappa shape index (κ2) is 4.42. The molecule has 0 saturated heterocycles. The first kappa shape index (κ1) is 9.46. The molecule has 3 heteroatoms. The first-order valence-electron chi connectivity index (χ1n) is 5.05.